The van der Waals surface area contributed by atoms with Crippen LogP contribution in [0.3, 0.4) is 0 Å². The summed E-state index contributed by atoms with van der Waals surface area (Å²) in [7, 11) is 0. The highest BCUT2D eigenvalue weighted by Crippen LogP contribution is 2.29. The van der Waals surface area contributed by atoms with Gasteiger partial charge in [0.1, 0.15) is 0 Å². The van der Waals surface area contributed by atoms with Crippen LogP contribution in [0.4, 0.5) is 5.69 Å². The maximum atomic E-state index is 12.3. The summed E-state index contributed by atoms with van der Waals surface area (Å²) >= 11 is 12.1. The van der Waals surface area contributed by atoms with Crippen molar-refractivity contribution in [2.24, 2.45) is 0 Å². The molecule has 2 N–H and O–H groups in total. The molecule has 6 heteroatoms. The van der Waals surface area contributed by atoms with Gasteiger partial charge in [-0.15, -0.1) is 0 Å². The van der Waals surface area contributed by atoms with Gasteiger partial charge in [-0.25, -0.2) is 0 Å². The molecule has 2 rings (SSSR count). The summed E-state index contributed by atoms with van der Waals surface area (Å²) in [5, 5.41) is 7.06. The lowest BCUT2D eigenvalue weighted by Gasteiger charge is -2.16. The van der Waals surface area contributed by atoms with E-state index in [2.05, 4.69) is 10.6 Å². The lowest BCUT2D eigenvalue weighted by molar-refractivity contribution is -0.116. The molecule has 0 bridgehead atoms. The summed E-state index contributed by atoms with van der Waals surface area (Å²) in [6.07, 6.45) is 2.44. The molecular formula is C21H24Cl2N2O2. The van der Waals surface area contributed by atoms with Crippen molar-refractivity contribution in [3.8, 4) is 0 Å². The standard InChI is InChI=1S/C21H24Cl2N2O2/c1-3-14-9-12-18(23)17(4-2)20(14)25-19(26)6-5-13-24-21(27)15-7-10-16(22)11-8-15/h7-12H,3-6,13H2,1-2H3,(H,24,27)(H,25,26). The molecule has 0 saturated heterocycles. The molecule has 0 atom stereocenters. The van der Waals surface area contributed by atoms with Gasteiger partial charge in [0.05, 0.1) is 0 Å². The van der Waals surface area contributed by atoms with Gasteiger partial charge in [0.2, 0.25) is 5.91 Å². The number of rotatable bonds is 8. The molecule has 0 spiro atoms. The van der Waals surface area contributed by atoms with Gasteiger partial charge < -0.3 is 10.6 Å². The number of benzene rings is 2. The number of aryl methyl sites for hydroxylation is 1. The predicted molar refractivity (Wildman–Crippen MR) is 112 cm³/mol. The van der Waals surface area contributed by atoms with Gasteiger partial charge in [0, 0.05) is 34.3 Å². The van der Waals surface area contributed by atoms with Crippen LogP contribution < -0.4 is 10.6 Å². The molecule has 0 aliphatic carbocycles. The van der Waals surface area contributed by atoms with Crippen molar-refractivity contribution >= 4 is 40.7 Å². The molecule has 0 aliphatic heterocycles. The van der Waals surface area contributed by atoms with Crippen LogP contribution in [-0.4, -0.2) is 18.4 Å². The Morgan fingerprint density at radius 2 is 1.67 bits per heavy atom. The number of halogens is 2. The highest BCUT2D eigenvalue weighted by molar-refractivity contribution is 6.32. The van der Waals surface area contributed by atoms with Gasteiger partial charge in [0.25, 0.3) is 5.91 Å². The van der Waals surface area contributed by atoms with E-state index in [1.54, 1.807) is 24.3 Å². The summed E-state index contributed by atoms with van der Waals surface area (Å²) in [5.74, 6) is -0.258. The first-order valence-corrected chi connectivity index (χ1v) is 9.85. The highest BCUT2D eigenvalue weighted by atomic mass is 35.5. The predicted octanol–water partition coefficient (Wildman–Crippen LogP) is 5.27. The van der Waals surface area contributed by atoms with Crippen LogP contribution in [0.25, 0.3) is 0 Å². The topological polar surface area (TPSA) is 58.2 Å². The summed E-state index contributed by atoms with van der Waals surface area (Å²) in [6.45, 7) is 4.49. The average Bonchev–Trinajstić information content (AvgIpc) is 2.66. The molecule has 2 amide bonds. The SMILES string of the molecule is CCc1ccc(Cl)c(CC)c1NC(=O)CCCNC(=O)c1ccc(Cl)cc1. The quantitative estimate of drug-likeness (QED) is 0.586. The highest BCUT2D eigenvalue weighted by Gasteiger charge is 2.13. The maximum Gasteiger partial charge on any atom is 0.251 e. The largest absolute Gasteiger partial charge is 0.352 e. The number of carbonyl (C=O) groups excluding carboxylic acids is 2. The van der Waals surface area contributed by atoms with Crippen LogP contribution in [0.5, 0.6) is 0 Å². The first-order valence-electron chi connectivity index (χ1n) is 9.10. The van der Waals surface area contributed by atoms with Crippen LogP contribution in [0, 0.1) is 0 Å². The molecule has 4 nitrogen and oxygen atoms in total. The van der Waals surface area contributed by atoms with Gasteiger partial charge in [0.15, 0.2) is 0 Å². The zero-order valence-corrected chi connectivity index (χ0v) is 17.1. The monoisotopic (exact) mass is 406 g/mol. The fourth-order valence-corrected chi connectivity index (χ4v) is 3.24. The van der Waals surface area contributed by atoms with Crippen molar-refractivity contribution in [3.63, 3.8) is 0 Å². The Labute approximate surface area is 170 Å². The Kier molecular flexibility index (Phi) is 8.14. The van der Waals surface area contributed by atoms with E-state index in [-0.39, 0.29) is 11.8 Å². The van der Waals surface area contributed by atoms with Crippen molar-refractivity contribution in [1.29, 1.82) is 0 Å². The van der Waals surface area contributed by atoms with Crippen molar-refractivity contribution in [2.45, 2.75) is 39.5 Å². The van der Waals surface area contributed by atoms with E-state index in [1.165, 1.54) is 0 Å². The van der Waals surface area contributed by atoms with Crippen LogP contribution in [0.15, 0.2) is 36.4 Å². The number of nitrogens with one attached hydrogen (secondary N) is 2. The number of hydrogen-bond donors (Lipinski definition) is 2. The molecule has 144 valence electrons. The van der Waals surface area contributed by atoms with E-state index >= 15 is 0 Å². The molecule has 2 aromatic carbocycles. The molecule has 27 heavy (non-hydrogen) atoms. The van der Waals surface area contributed by atoms with E-state index in [0.29, 0.717) is 35.0 Å². The lowest BCUT2D eigenvalue weighted by atomic mass is 10.0. The zero-order chi connectivity index (χ0) is 19.8. The second-order valence-corrected chi connectivity index (χ2v) is 7.03. The smallest absolute Gasteiger partial charge is 0.251 e. The Bertz CT molecular complexity index is 805. The summed E-state index contributed by atoms with van der Waals surface area (Å²) in [4.78, 5) is 24.4. The van der Waals surface area contributed by atoms with Gasteiger partial charge in [-0.2, -0.15) is 0 Å². The minimum Gasteiger partial charge on any atom is -0.352 e. The second kappa shape index (κ2) is 10.3. The first-order chi connectivity index (χ1) is 13.0. The van der Waals surface area contributed by atoms with E-state index in [1.807, 2.05) is 26.0 Å². The van der Waals surface area contributed by atoms with Gasteiger partial charge in [-0.05, 0) is 60.7 Å². The van der Waals surface area contributed by atoms with E-state index in [9.17, 15) is 9.59 Å². The van der Waals surface area contributed by atoms with Crippen molar-refractivity contribution in [1.82, 2.24) is 5.32 Å². The second-order valence-electron chi connectivity index (χ2n) is 6.18. The Morgan fingerprint density at radius 1 is 0.963 bits per heavy atom. The van der Waals surface area contributed by atoms with Gasteiger partial charge in [-0.1, -0.05) is 43.1 Å². The normalized spacial score (nSPS) is 10.5. The Balaban J connectivity index is 1.86. The number of amides is 2. The minimum absolute atomic E-state index is 0.0811. The first kappa shape index (κ1) is 21.3. The third-order valence-electron chi connectivity index (χ3n) is 4.31. The molecule has 0 aromatic heterocycles. The van der Waals surface area contributed by atoms with E-state index in [4.69, 9.17) is 23.2 Å². The van der Waals surface area contributed by atoms with Crippen molar-refractivity contribution in [3.05, 3.63) is 63.1 Å². The zero-order valence-electron chi connectivity index (χ0n) is 15.6. The van der Waals surface area contributed by atoms with Crippen molar-refractivity contribution < 1.29 is 9.59 Å². The van der Waals surface area contributed by atoms with Gasteiger partial charge in [-0.3, -0.25) is 9.59 Å². The van der Waals surface area contributed by atoms with Gasteiger partial charge >= 0.3 is 0 Å². The third kappa shape index (κ3) is 5.98. The molecule has 2 aromatic rings. The van der Waals surface area contributed by atoms with Crippen LogP contribution in [-0.2, 0) is 17.6 Å². The minimum atomic E-state index is -0.177. The van der Waals surface area contributed by atoms with Crippen LogP contribution >= 0.6 is 23.2 Å². The fourth-order valence-electron chi connectivity index (χ4n) is 2.82. The van der Waals surface area contributed by atoms with Crippen LogP contribution in [0.2, 0.25) is 10.0 Å². The number of hydrogen-bond acceptors (Lipinski definition) is 2. The Morgan fingerprint density at radius 3 is 2.30 bits per heavy atom. The van der Waals surface area contributed by atoms with E-state index < -0.39 is 0 Å². The molecule has 0 aliphatic rings. The molecule has 0 unspecified atom stereocenters. The van der Waals surface area contributed by atoms with E-state index in [0.717, 1.165) is 29.7 Å². The fraction of sp³-hybridized carbons (Fsp3) is 0.333. The third-order valence-corrected chi connectivity index (χ3v) is 4.92. The molecule has 0 fully saturated rings. The van der Waals surface area contributed by atoms with Crippen LogP contribution in [0.1, 0.15) is 48.2 Å². The number of carbonyl (C=O) groups is 2. The molecular weight excluding hydrogens is 383 g/mol. The summed E-state index contributed by atoms with van der Waals surface area (Å²) in [5.41, 5.74) is 3.40. The summed E-state index contributed by atoms with van der Waals surface area (Å²) < 4.78 is 0. The summed E-state index contributed by atoms with van der Waals surface area (Å²) in [6, 6.07) is 10.5. The average molecular weight is 407 g/mol. The molecule has 0 saturated carbocycles. The molecule has 0 radical (unpaired) electrons. The number of anilines is 1. The Hall–Kier alpha value is -2.04. The van der Waals surface area contributed by atoms with Crippen molar-refractivity contribution in [2.75, 3.05) is 11.9 Å². The lowest BCUT2D eigenvalue weighted by Crippen LogP contribution is -2.25. The molecule has 0 heterocycles. The maximum absolute atomic E-state index is 12.3.